The molecular formula is C18H16N2O4. The molecule has 2 amide bonds. The van der Waals surface area contributed by atoms with Crippen LogP contribution in [0.5, 0.6) is 0 Å². The third kappa shape index (κ3) is 2.42. The van der Waals surface area contributed by atoms with E-state index in [4.69, 9.17) is 4.74 Å². The molecule has 2 N–H and O–H groups in total. The molecule has 3 rings (SSSR count). The lowest BCUT2D eigenvalue weighted by atomic mass is 9.92. The molecule has 6 heteroatoms. The van der Waals surface area contributed by atoms with E-state index in [1.807, 2.05) is 24.3 Å². The van der Waals surface area contributed by atoms with Gasteiger partial charge in [0.05, 0.1) is 23.3 Å². The van der Waals surface area contributed by atoms with Gasteiger partial charge < -0.3 is 10.1 Å². The van der Waals surface area contributed by atoms with Gasteiger partial charge in [-0.3, -0.25) is 14.9 Å². The number of carbonyl (C=O) groups is 3. The third-order valence-corrected chi connectivity index (χ3v) is 3.87. The minimum Gasteiger partial charge on any atom is -0.462 e. The topological polar surface area (TPSA) is 84.5 Å². The molecule has 0 saturated carbocycles. The minimum atomic E-state index is -0.618. The minimum absolute atomic E-state index is 0.0712. The number of imide groups is 1. The lowest BCUT2D eigenvalue weighted by Crippen LogP contribution is -2.21. The summed E-state index contributed by atoms with van der Waals surface area (Å²) >= 11 is 0. The van der Waals surface area contributed by atoms with Crippen molar-refractivity contribution < 1.29 is 19.1 Å². The van der Waals surface area contributed by atoms with E-state index in [-0.39, 0.29) is 23.3 Å². The Morgan fingerprint density at radius 1 is 1.04 bits per heavy atom. The highest BCUT2D eigenvalue weighted by Crippen LogP contribution is 2.35. The summed E-state index contributed by atoms with van der Waals surface area (Å²) in [6.45, 7) is 1.87. The van der Waals surface area contributed by atoms with Crippen LogP contribution >= 0.6 is 0 Å². The standard InChI is InChI=1S/C18H16N2O4/c1-3-24-18(23)12-9-8-11(10-6-4-5-7-13(10)19-2)14-15(12)17(22)20-16(14)21/h4-9,19H,3H2,1-2H3,(H,20,21,22). The second kappa shape index (κ2) is 6.16. The molecule has 0 saturated heterocycles. The molecule has 0 fully saturated rings. The van der Waals surface area contributed by atoms with Gasteiger partial charge in [-0.2, -0.15) is 0 Å². The van der Waals surface area contributed by atoms with Crippen molar-refractivity contribution in [1.82, 2.24) is 5.32 Å². The Hall–Kier alpha value is -3.15. The van der Waals surface area contributed by atoms with Gasteiger partial charge >= 0.3 is 5.97 Å². The van der Waals surface area contributed by atoms with E-state index >= 15 is 0 Å². The predicted molar refractivity (Wildman–Crippen MR) is 89.2 cm³/mol. The van der Waals surface area contributed by atoms with Crippen LogP contribution in [0.25, 0.3) is 11.1 Å². The fourth-order valence-electron chi connectivity index (χ4n) is 2.84. The maximum atomic E-state index is 12.3. The summed E-state index contributed by atoms with van der Waals surface area (Å²) in [5.74, 6) is -1.71. The highest BCUT2D eigenvalue weighted by molar-refractivity contribution is 6.27. The van der Waals surface area contributed by atoms with E-state index in [0.717, 1.165) is 11.3 Å². The molecule has 122 valence electrons. The number of hydrogen-bond acceptors (Lipinski definition) is 5. The van der Waals surface area contributed by atoms with Crippen LogP contribution in [0, 0.1) is 0 Å². The molecule has 6 nitrogen and oxygen atoms in total. The molecule has 24 heavy (non-hydrogen) atoms. The zero-order valence-corrected chi connectivity index (χ0v) is 13.3. The summed E-state index contributed by atoms with van der Waals surface area (Å²) in [5.41, 5.74) is 2.55. The molecule has 1 aliphatic heterocycles. The molecule has 0 atom stereocenters. The number of esters is 1. The number of rotatable bonds is 4. The average Bonchev–Trinajstić information content (AvgIpc) is 2.89. The summed E-state index contributed by atoms with van der Waals surface area (Å²) in [6, 6.07) is 10.6. The van der Waals surface area contributed by atoms with Gasteiger partial charge in [-0.15, -0.1) is 0 Å². The van der Waals surface area contributed by atoms with E-state index in [1.54, 1.807) is 20.0 Å². The van der Waals surface area contributed by atoms with Crippen LogP contribution in [-0.4, -0.2) is 31.4 Å². The Balaban J connectivity index is 2.26. The number of ether oxygens (including phenoxy) is 1. The van der Waals surface area contributed by atoms with Gasteiger partial charge in [-0.05, 0) is 24.6 Å². The monoisotopic (exact) mass is 324 g/mol. The van der Waals surface area contributed by atoms with Crippen molar-refractivity contribution in [3.8, 4) is 11.1 Å². The Morgan fingerprint density at radius 2 is 1.75 bits per heavy atom. The van der Waals surface area contributed by atoms with Crippen LogP contribution in [0.4, 0.5) is 5.69 Å². The van der Waals surface area contributed by atoms with E-state index in [2.05, 4.69) is 10.6 Å². The van der Waals surface area contributed by atoms with Crippen molar-refractivity contribution in [2.24, 2.45) is 0 Å². The van der Waals surface area contributed by atoms with Crippen molar-refractivity contribution in [3.05, 3.63) is 53.1 Å². The largest absolute Gasteiger partial charge is 0.462 e. The van der Waals surface area contributed by atoms with E-state index < -0.39 is 17.8 Å². The summed E-state index contributed by atoms with van der Waals surface area (Å²) in [7, 11) is 1.78. The molecule has 0 aromatic heterocycles. The molecule has 1 aliphatic rings. The molecular weight excluding hydrogens is 308 g/mol. The first-order valence-electron chi connectivity index (χ1n) is 7.55. The summed E-state index contributed by atoms with van der Waals surface area (Å²) in [4.78, 5) is 36.6. The van der Waals surface area contributed by atoms with Crippen molar-refractivity contribution in [2.75, 3.05) is 19.0 Å². The average molecular weight is 324 g/mol. The second-order valence-electron chi connectivity index (χ2n) is 5.21. The first-order valence-corrected chi connectivity index (χ1v) is 7.55. The number of carbonyl (C=O) groups excluding carboxylic acids is 3. The fourth-order valence-corrected chi connectivity index (χ4v) is 2.84. The molecule has 2 aromatic carbocycles. The number of benzene rings is 2. The Kier molecular flexibility index (Phi) is 4.04. The first-order chi connectivity index (χ1) is 11.6. The maximum absolute atomic E-state index is 12.3. The molecule has 0 bridgehead atoms. The molecule has 2 aromatic rings. The third-order valence-electron chi connectivity index (χ3n) is 3.87. The van der Waals surface area contributed by atoms with Crippen molar-refractivity contribution in [2.45, 2.75) is 6.92 Å². The van der Waals surface area contributed by atoms with Gasteiger partial charge in [-0.1, -0.05) is 24.3 Å². The predicted octanol–water partition coefficient (Wildman–Crippen LogP) is 2.46. The summed E-state index contributed by atoms with van der Waals surface area (Å²) < 4.78 is 4.98. The first kappa shape index (κ1) is 15.7. The van der Waals surface area contributed by atoms with E-state index in [9.17, 15) is 14.4 Å². The van der Waals surface area contributed by atoms with Crippen LogP contribution in [0.1, 0.15) is 38.0 Å². The van der Waals surface area contributed by atoms with Crippen LogP contribution < -0.4 is 10.6 Å². The Labute approximate surface area is 138 Å². The maximum Gasteiger partial charge on any atom is 0.338 e. The number of amides is 2. The highest BCUT2D eigenvalue weighted by atomic mass is 16.5. The normalized spacial score (nSPS) is 12.6. The van der Waals surface area contributed by atoms with Gasteiger partial charge in [0.25, 0.3) is 11.8 Å². The summed E-state index contributed by atoms with van der Waals surface area (Å²) in [5, 5.41) is 5.32. The van der Waals surface area contributed by atoms with Gasteiger partial charge in [0, 0.05) is 18.3 Å². The number of para-hydroxylation sites is 1. The molecule has 0 aliphatic carbocycles. The van der Waals surface area contributed by atoms with Crippen LogP contribution in [0.2, 0.25) is 0 Å². The van der Waals surface area contributed by atoms with Crippen molar-refractivity contribution in [1.29, 1.82) is 0 Å². The lowest BCUT2D eigenvalue weighted by molar-refractivity contribution is 0.0523. The molecule has 0 spiro atoms. The van der Waals surface area contributed by atoms with Gasteiger partial charge in [-0.25, -0.2) is 4.79 Å². The Bertz CT molecular complexity index is 858. The van der Waals surface area contributed by atoms with E-state index in [0.29, 0.717) is 5.56 Å². The number of fused-ring (bicyclic) bond motifs is 1. The lowest BCUT2D eigenvalue weighted by Gasteiger charge is -2.13. The zero-order valence-electron chi connectivity index (χ0n) is 13.3. The quantitative estimate of drug-likeness (QED) is 0.666. The molecule has 0 unspecified atom stereocenters. The summed E-state index contributed by atoms with van der Waals surface area (Å²) in [6.07, 6.45) is 0. The van der Waals surface area contributed by atoms with Crippen LogP contribution in [0.15, 0.2) is 36.4 Å². The van der Waals surface area contributed by atoms with Crippen LogP contribution in [0.3, 0.4) is 0 Å². The van der Waals surface area contributed by atoms with E-state index in [1.165, 1.54) is 6.07 Å². The van der Waals surface area contributed by atoms with Crippen LogP contribution in [-0.2, 0) is 4.74 Å². The number of anilines is 1. The second-order valence-corrected chi connectivity index (χ2v) is 5.21. The smallest absolute Gasteiger partial charge is 0.338 e. The van der Waals surface area contributed by atoms with Crippen molar-refractivity contribution in [3.63, 3.8) is 0 Å². The number of hydrogen-bond donors (Lipinski definition) is 2. The van der Waals surface area contributed by atoms with Gasteiger partial charge in [0.1, 0.15) is 0 Å². The molecule has 1 heterocycles. The highest BCUT2D eigenvalue weighted by Gasteiger charge is 2.35. The number of nitrogens with one attached hydrogen (secondary N) is 2. The fraction of sp³-hybridized carbons (Fsp3) is 0.167. The zero-order chi connectivity index (χ0) is 17.3. The molecule has 0 radical (unpaired) electrons. The SMILES string of the molecule is CCOC(=O)c1ccc(-c2ccccc2NC)c2c1C(=O)NC2=O. The Morgan fingerprint density at radius 3 is 2.46 bits per heavy atom. The van der Waals surface area contributed by atoms with Gasteiger partial charge in [0.15, 0.2) is 0 Å². The van der Waals surface area contributed by atoms with Gasteiger partial charge in [0.2, 0.25) is 0 Å². The van der Waals surface area contributed by atoms with Crippen molar-refractivity contribution >= 4 is 23.5 Å².